The van der Waals surface area contributed by atoms with Gasteiger partial charge in [-0.2, -0.15) is 0 Å². The molecule has 134 valence electrons. The van der Waals surface area contributed by atoms with Crippen LogP contribution >= 0.6 is 22.6 Å². The first-order chi connectivity index (χ1) is 13.2. The maximum absolute atomic E-state index is 12.1. The van der Waals surface area contributed by atoms with Crippen molar-refractivity contribution in [3.05, 3.63) is 93.1 Å². The normalized spacial score (nSPS) is 14.9. The molecular weight excluding hydrogens is 457 g/mol. The summed E-state index contributed by atoms with van der Waals surface area (Å²) in [6.45, 7) is 0.433. The predicted octanol–water partition coefficient (Wildman–Crippen LogP) is 4.81. The van der Waals surface area contributed by atoms with E-state index < -0.39 is 5.97 Å². The Morgan fingerprint density at radius 2 is 1.85 bits per heavy atom. The molecule has 0 bridgehead atoms. The van der Waals surface area contributed by atoms with Crippen molar-refractivity contribution in [2.24, 2.45) is 4.99 Å². The second-order valence-corrected chi connectivity index (χ2v) is 7.01. The number of hydrogen-bond donors (Lipinski definition) is 0. The molecule has 0 N–H and O–H groups in total. The van der Waals surface area contributed by atoms with Gasteiger partial charge in [-0.1, -0.05) is 30.3 Å². The highest BCUT2D eigenvalue weighted by molar-refractivity contribution is 14.1. The van der Waals surface area contributed by atoms with Crippen molar-refractivity contribution < 1.29 is 18.7 Å². The Balaban J connectivity index is 1.56. The smallest absolute Gasteiger partial charge is 0.363 e. The van der Waals surface area contributed by atoms with E-state index in [0.717, 1.165) is 11.1 Å². The van der Waals surface area contributed by atoms with E-state index in [0.29, 0.717) is 18.1 Å². The molecule has 0 radical (unpaired) electrons. The molecule has 0 saturated heterocycles. The molecule has 1 aromatic heterocycles. The molecule has 1 aliphatic rings. The first-order valence-electron chi connectivity index (χ1n) is 8.22. The summed E-state index contributed by atoms with van der Waals surface area (Å²) in [5.74, 6) is 0.718. The zero-order chi connectivity index (χ0) is 18.6. The van der Waals surface area contributed by atoms with Crippen molar-refractivity contribution in [1.82, 2.24) is 0 Å². The van der Waals surface area contributed by atoms with E-state index in [9.17, 15) is 4.79 Å². The number of nitrogens with zero attached hydrogens (tertiary/aromatic N) is 1. The number of aliphatic imine (C=N–C) groups is 1. The number of carbonyl (C=O) groups is 1. The van der Waals surface area contributed by atoms with Crippen LogP contribution in [0.5, 0.6) is 5.75 Å². The zero-order valence-corrected chi connectivity index (χ0v) is 16.3. The first kappa shape index (κ1) is 17.5. The van der Waals surface area contributed by atoms with E-state index in [2.05, 4.69) is 27.6 Å². The van der Waals surface area contributed by atoms with Gasteiger partial charge in [-0.3, -0.25) is 0 Å². The molecule has 0 saturated carbocycles. The van der Waals surface area contributed by atoms with Crippen molar-refractivity contribution in [3.63, 3.8) is 0 Å². The summed E-state index contributed by atoms with van der Waals surface area (Å²) < 4.78 is 17.5. The van der Waals surface area contributed by atoms with Crippen LogP contribution in [-0.4, -0.2) is 11.9 Å². The maximum atomic E-state index is 12.1. The molecule has 0 aliphatic carbocycles. The van der Waals surface area contributed by atoms with E-state index in [-0.39, 0.29) is 11.6 Å². The number of carbonyl (C=O) groups excluding carboxylic acids is 1. The van der Waals surface area contributed by atoms with E-state index >= 15 is 0 Å². The van der Waals surface area contributed by atoms with Crippen molar-refractivity contribution in [2.75, 3.05) is 0 Å². The summed E-state index contributed by atoms with van der Waals surface area (Å²) in [7, 11) is 0. The Morgan fingerprint density at radius 1 is 1.04 bits per heavy atom. The second kappa shape index (κ2) is 7.79. The summed E-state index contributed by atoms with van der Waals surface area (Å²) in [5, 5.41) is 0. The largest absolute Gasteiger partial charge is 0.488 e. The van der Waals surface area contributed by atoms with Gasteiger partial charge in [-0.15, -0.1) is 0 Å². The molecular formula is C21H14INO4. The van der Waals surface area contributed by atoms with Gasteiger partial charge in [0.25, 0.3) is 5.90 Å². The fourth-order valence-corrected chi connectivity index (χ4v) is 2.89. The van der Waals surface area contributed by atoms with Gasteiger partial charge in [0.05, 0.1) is 6.26 Å². The molecule has 27 heavy (non-hydrogen) atoms. The Bertz CT molecular complexity index is 1020. The van der Waals surface area contributed by atoms with Gasteiger partial charge in [-0.25, -0.2) is 9.79 Å². The van der Waals surface area contributed by atoms with E-state index in [1.54, 1.807) is 18.2 Å². The van der Waals surface area contributed by atoms with Crippen LogP contribution in [0.15, 0.2) is 82.0 Å². The molecule has 5 nitrogen and oxygen atoms in total. The van der Waals surface area contributed by atoms with Gasteiger partial charge in [-0.05, 0) is 64.6 Å². The Kier molecular flexibility index (Phi) is 5.06. The zero-order valence-electron chi connectivity index (χ0n) is 14.1. The molecule has 0 unspecified atom stereocenters. The number of ether oxygens (including phenoxy) is 2. The van der Waals surface area contributed by atoms with Crippen LogP contribution in [0.4, 0.5) is 0 Å². The third kappa shape index (κ3) is 4.11. The number of rotatable bonds is 5. The van der Waals surface area contributed by atoms with Crippen LogP contribution in [0, 0.1) is 3.57 Å². The quantitative estimate of drug-likeness (QED) is 0.305. The third-order valence-electron chi connectivity index (χ3n) is 3.87. The minimum absolute atomic E-state index is 0.161. The highest BCUT2D eigenvalue weighted by atomic mass is 127. The fourth-order valence-electron chi connectivity index (χ4n) is 2.54. The summed E-state index contributed by atoms with van der Waals surface area (Å²) in [5.41, 5.74) is 2.02. The van der Waals surface area contributed by atoms with Crippen molar-refractivity contribution in [1.29, 1.82) is 0 Å². The van der Waals surface area contributed by atoms with E-state index in [1.807, 2.05) is 48.5 Å². The molecule has 2 heterocycles. The van der Waals surface area contributed by atoms with Crippen molar-refractivity contribution in [3.8, 4) is 5.75 Å². The van der Waals surface area contributed by atoms with Gasteiger partial charge in [0.2, 0.25) is 0 Å². The molecule has 0 atom stereocenters. The van der Waals surface area contributed by atoms with Crippen LogP contribution < -0.4 is 4.74 Å². The molecule has 3 aromatic rings. The van der Waals surface area contributed by atoms with Gasteiger partial charge >= 0.3 is 5.97 Å². The standard InChI is InChI=1S/C21H14INO4/c22-16-9-7-14(8-10-16)13-26-18-5-2-1-4-15(18)12-17-21(24)27-20(23-17)19-6-3-11-25-19/h1-12H,13H2/b17-12-. The summed E-state index contributed by atoms with van der Waals surface area (Å²) in [4.78, 5) is 16.4. The van der Waals surface area contributed by atoms with Gasteiger partial charge in [0, 0.05) is 9.13 Å². The number of benzene rings is 2. The monoisotopic (exact) mass is 471 g/mol. The highest BCUT2D eigenvalue weighted by Gasteiger charge is 2.26. The number of cyclic esters (lactones) is 1. The predicted molar refractivity (Wildman–Crippen MR) is 109 cm³/mol. The number of para-hydroxylation sites is 1. The minimum atomic E-state index is -0.520. The third-order valence-corrected chi connectivity index (χ3v) is 4.59. The maximum Gasteiger partial charge on any atom is 0.363 e. The van der Waals surface area contributed by atoms with Crippen molar-refractivity contribution in [2.45, 2.75) is 6.61 Å². The number of hydrogen-bond acceptors (Lipinski definition) is 5. The summed E-state index contributed by atoms with van der Waals surface area (Å²) >= 11 is 2.27. The average molecular weight is 471 g/mol. The lowest BCUT2D eigenvalue weighted by molar-refractivity contribution is -0.130. The summed E-state index contributed by atoms with van der Waals surface area (Å²) in [6.07, 6.45) is 3.16. The number of halogens is 1. The average Bonchev–Trinajstić information content (AvgIpc) is 3.33. The van der Waals surface area contributed by atoms with Crippen LogP contribution in [0.1, 0.15) is 16.9 Å². The Morgan fingerprint density at radius 3 is 2.63 bits per heavy atom. The molecule has 0 fully saturated rings. The number of furan rings is 1. The minimum Gasteiger partial charge on any atom is -0.488 e. The van der Waals surface area contributed by atoms with Crippen LogP contribution in [0.3, 0.4) is 0 Å². The van der Waals surface area contributed by atoms with Crippen molar-refractivity contribution >= 4 is 40.5 Å². The van der Waals surface area contributed by atoms with Gasteiger partial charge in [0.15, 0.2) is 11.5 Å². The lowest BCUT2D eigenvalue weighted by Gasteiger charge is -2.09. The number of esters is 1. The second-order valence-electron chi connectivity index (χ2n) is 5.77. The lowest BCUT2D eigenvalue weighted by Crippen LogP contribution is -2.04. The Labute approximate surface area is 169 Å². The van der Waals surface area contributed by atoms with Crippen LogP contribution in [-0.2, 0) is 16.1 Å². The highest BCUT2D eigenvalue weighted by Crippen LogP contribution is 2.25. The molecule has 4 rings (SSSR count). The first-order valence-corrected chi connectivity index (χ1v) is 9.29. The van der Waals surface area contributed by atoms with E-state index in [4.69, 9.17) is 13.9 Å². The molecule has 0 spiro atoms. The van der Waals surface area contributed by atoms with Gasteiger partial charge in [0.1, 0.15) is 12.4 Å². The molecule has 0 amide bonds. The lowest BCUT2D eigenvalue weighted by atomic mass is 10.1. The summed E-state index contributed by atoms with van der Waals surface area (Å²) in [6, 6.07) is 19.0. The molecule has 2 aromatic carbocycles. The Hall–Kier alpha value is -2.87. The van der Waals surface area contributed by atoms with Crippen LogP contribution in [0.25, 0.3) is 6.08 Å². The fraction of sp³-hybridized carbons (Fsp3) is 0.0476. The van der Waals surface area contributed by atoms with Gasteiger partial charge < -0.3 is 13.9 Å². The topological polar surface area (TPSA) is 61.0 Å². The molecule has 1 aliphatic heterocycles. The SMILES string of the molecule is O=C1OC(c2ccco2)=N/C1=C\c1ccccc1OCc1ccc(I)cc1. The van der Waals surface area contributed by atoms with Crippen LogP contribution in [0.2, 0.25) is 0 Å². The van der Waals surface area contributed by atoms with E-state index in [1.165, 1.54) is 9.83 Å². The molecule has 6 heteroatoms.